The molecule has 0 aliphatic heterocycles. The molecular formula is C21H22FIN4O. The summed E-state index contributed by atoms with van der Waals surface area (Å²) < 4.78 is 19.8. The van der Waals surface area contributed by atoms with Gasteiger partial charge in [0.15, 0.2) is 5.96 Å². The normalized spacial score (nSPS) is 11.0. The van der Waals surface area contributed by atoms with Crippen LogP contribution in [0.5, 0.6) is 0 Å². The molecule has 2 aromatic carbocycles. The van der Waals surface area contributed by atoms with Gasteiger partial charge in [-0.05, 0) is 38.1 Å². The Morgan fingerprint density at radius 1 is 1.21 bits per heavy atom. The second-order valence-electron chi connectivity index (χ2n) is 6.11. The van der Waals surface area contributed by atoms with Gasteiger partial charge < -0.3 is 15.1 Å². The third-order valence-electron chi connectivity index (χ3n) is 4.29. The minimum Gasteiger partial charge on any atom is -0.459 e. The molecule has 2 N–H and O–H groups in total. The summed E-state index contributed by atoms with van der Waals surface area (Å²) in [6.45, 7) is 5.25. The largest absolute Gasteiger partial charge is 0.459 e. The quantitative estimate of drug-likeness (QED) is 0.310. The van der Waals surface area contributed by atoms with E-state index in [0.29, 0.717) is 30.2 Å². The Hall–Kier alpha value is -2.60. The highest BCUT2D eigenvalue weighted by Crippen LogP contribution is 2.24. The summed E-state index contributed by atoms with van der Waals surface area (Å²) >= 11 is 0. The summed E-state index contributed by atoms with van der Waals surface area (Å²) in [7, 11) is 0. The number of furan rings is 1. The van der Waals surface area contributed by atoms with Crippen molar-refractivity contribution in [1.82, 2.24) is 10.6 Å². The number of aryl methyl sites for hydroxylation is 1. The number of para-hydroxylation sites is 1. The molecule has 0 radical (unpaired) electrons. The van der Waals surface area contributed by atoms with Crippen molar-refractivity contribution >= 4 is 40.9 Å². The highest BCUT2D eigenvalue weighted by molar-refractivity contribution is 14.0. The zero-order chi connectivity index (χ0) is 19.2. The highest BCUT2D eigenvalue weighted by Gasteiger charge is 2.10. The van der Waals surface area contributed by atoms with Crippen molar-refractivity contribution in [3.8, 4) is 6.07 Å². The summed E-state index contributed by atoms with van der Waals surface area (Å²) in [6.07, 6.45) is 0. The Balaban J connectivity index is 0.00000280. The van der Waals surface area contributed by atoms with Crippen LogP contribution in [0.25, 0.3) is 11.0 Å². The second kappa shape index (κ2) is 10.1. The van der Waals surface area contributed by atoms with Gasteiger partial charge in [-0.2, -0.15) is 5.26 Å². The van der Waals surface area contributed by atoms with Gasteiger partial charge in [-0.15, -0.1) is 24.0 Å². The van der Waals surface area contributed by atoms with Gasteiger partial charge in [-0.25, -0.2) is 9.38 Å². The number of guanidine groups is 1. The van der Waals surface area contributed by atoms with Crippen LogP contribution in [0, 0.1) is 24.1 Å². The Morgan fingerprint density at radius 2 is 2.00 bits per heavy atom. The number of aliphatic imine (C=N–C) groups is 1. The van der Waals surface area contributed by atoms with Crippen LogP contribution in [0.1, 0.15) is 29.4 Å². The molecule has 0 aliphatic carbocycles. The van der Waals surface area contributed by atoms with Gasteiger partial charge in [0.2, 0.25) is 0 Å². The lowest BCUT2D eigenvalue weighted by molar-refractivity contribution is 0.534. The van der Waals surface area contributed by atoms with E-state index in [2.05, 4.69) is 15.6 Å². The van der Waals surface area contributed by atoms with Gasteiger partial charge in [0.05, 0.1) is 24.7 Å². The molecule has 5 nitrogen and oxygen atoms in total. The maximum Gasteiger partial charge on any atom is 0.191 e. The van der Waals surface area contributed by atoms with Crippen molar-refractivity contribution in [2.45, 2.75) is 26.9 Å². The van der Waals surface area contributed by atoms with Crippen molar-refractivity contribution in [2.24, 2.45) is 4.99 Å². The SMILES string of the molecule is CCNC(=NCc1cc(C#N)ccc1F)NCc1oc2ccccc2c1C.I. The van der Waals surface area contributed by atoms with Crippen LogP contribution in [-0.2, 0) is 13.1 Å². The Labute approximate surface area is 180 Å². The molecule has 1 heterocycles. The maximum absolute atomic E-state index is 13.9. The van der Waals surface area contributed by atoms with E-state index in [1.54, 1.807) is 0 Å². The van der Waals surface area contributed by atoms with Gasteiger partial charge in [0, 0.05) is 23.1 Å². The number of hydrogen-bond donors (Lipinski definition) is 2. The van der Waals surface area contributed by atoms with E-state index in [4.69, 9.17) is 9.68 Å². The average Bonchev–Trinajstić information content (AvgIpc) is 3.01. The fourth-order valence-electron chi connectivity index (χ4n) is 2.83. The lowest BCUT2D eigenvalue weighted by atomic mass is 10.1. The smallest absolute Gasteiger partial charge is 0.191 e. The summed E-state index contributed by atoms with van der Waals surface area (Å²) in [5, 5.41) is 16.4. The van der Waals surface area contributed by atoms with Crippen molar-refractivity contribution in [2.75, 3.05) is 6.54 Å². The zero-order valence-corrected chi connectivity index (χ0v) is 18.1. The zero-order valence-electron chi connectivity index (χ0n) is 15.8. The van der Waals surface area contributed by atoms with Crippen molar-refractivity contribution in [1.29, 1.82) is 5.26 Å². The van der Waals surface area contributed by atoms with E-state index in [1.807, 2.05) is 44.2 Å². The summed E-state index contributed by atoms with van der Waals surface area (Å²) in [6, 6.07) is 14.2. The van der Waals surface area contributed by atoms with E-state index < -0.39 is 0 Å². The fraction of sp³-hybridized carbons (Fsp3) is 0.238. The molecule has 0 amide bonds. The minimum atomic E-state index is -0.373. The number of nitriles is 1. The van der Waals surface area contributed by atoms with Crippen LogP contribution < -0.4 is 10.6 Å². The fourth-order valence-corrected chi connectivity index (χ4v) is 2.83. The van der Waals surface area contributed by atoms with Gasteiger partial charge in [0.1, 0.15) is 17.2 Å². The molecule has 0 saturated heterocycles. The molecule has 0 bridgehead atoms. The van der Waals surface area contributed by atoms with E-state index in [1.165, 1.54) is 18.2 Å². The predicted octanol–water partition coefficient (Wildman–Crippen LogP) is 4.63. The molecule has 3 aromatic rings. The number of benzene rings is 2. The van der Waals surface area contributed by atoms with Crippen LogP contribution >= 0.6 is 24.0 Å². The number of fused-ring (bicyclic) bond motifs is 1. The third-order valence-corrected chi connectivity index (χ3v) is 4.29. The van der Waals surface area contributed by atoms with E-state index in [0.717, 1.165) is 22.3 Å². The Kier molecular flexibility index (Phi) is 7.81. The van der Waals surface area contributed by atoms with Crippen LogP contribution in [0.15, 0.2) is 51.9 Å². The molecule has 0 saturated carbocycles. The second-order valence-corrected chi connectivity index (χ2v) is 6.11. The van der Waals surface area contributed by atoms with Gasteiger partial charge in [-0.1, -0.05) is 18.2 Å². The van der Waals surface area contributed by atoms with Gasteiger partial charge in [-0.3, -0.25) is 0 Å². The number of hydrogen-bond acceptors (Lipinski definition) is 3. The Morgan fingerprint density at radius 3 is 2.71 bits per heavy atom. The molecule has 1 aromatic heterocycles. The minimum absolute atomic E-state index is 0. The summed E-state index contributed by atoms with van der Waals surface area (Å²) in [5.74, 6) is 1.01. The number of nitrogens with zero attached hydrogens (tertiary/aromatic N) is 2. The van der Waals surface area contributed by atoms with Crippen LogP contribution in [0.3, 0.4) is 0 Å². The highest BCUT2D eigenvalue weighted by atomic mass is 127. The summed E-state index contributed by atoms with van der Waals surface area (Å²) in [4.78, 5) is 4.42. The molecule has 0 spiro atoms. The van der Waals surface area contributed by atoms with E-state index >= 15 is 0 Å². The van der Waals surface area contributed by atoms with E-state index in [-0.39, 0.29) is 36.3 Å². The molecule has 0 unspecified atom stereocenters. The van der Waals surface area contributed by atoms with Crippen LogP contribution in [0.4, 0.5) is 4.39 Å². The first kappa shape index (κ1) is 21.7. The molecule has 28 heavy (non-hydrogen) atoms. The van der Waals surface area contributed by atoms with Gasteiger partial charge >= 0.3 is 0 Å². The first-order chi connectivity index (χ1) is 13.1. The molecule has 7 heteroatoms. The lowest BCUT2D eigenvalue weighted by Gasteiger charge is -2.11. The third kappa shape index (κ3) is 5.01. The first-order valence-electron chi connectivity index (χ1n) is 8.80. The monoisotopic (exact) mass is 492 g/mol. The van der Waals surface area contributed by atoms with Gasteiger partial charge in [0.25, 0.3) is 0 Å². The average molecular weight is 492 g/mol. The number of rotatable bonds is 5. The Bertz CT molecular complexity index is 1020. The molecule has 0 aliphatic rings. The van der Waals surface area contributed by atoms with Crippen LogP contribution in [-0.4, -0.2) is 12.5 Å². The number of nitrogens with one attached hydrogen (secondary N) is 2. The first-order valence-corrected chi connectivity index (χ1v) is 8.80. The topological polar surface area (TPSA) is 73.3 Å². The molecule has 0 atom stereocenters. The lowest BCUT2D eigenvalue weighted by Crippen LogP contribution is -2.36. The molecule has 0 fully saturated rings. The van der Waals surface area contributed by atoms with Crippen molar-refractivity contribution < 1.29 is 8.81 Å². The van der Waals surface area contributed by atoms with Crippen LogP contribution in [0.2, 0.25) is 0 Å². The van der Waals surface area contributed by atoms with E-state index in [9.17, 15) is 4.39 Å². The van der Waals surface area contributed by atoms with Crippen molar-refractivity contribution in [3.63, 3.8) is 0 Å². The molecular weight excluding hydrogens is 470 g/mol. The molecule has 146 valence electrons. The maximum atomic E-state index is 13.9. The van der Waals surface area contributed by atoms with Crippen molar-refractivity contribution in [3.05, 3.63) is 70.7 Å². The standard InChI is InChI=1S/C21H21FN4O.HI/c1-3-24-21(25-12-16-10-15(11-23)8-9-18(16)22)26-13-20-14(2)17-6-4-5-7-19(17)27-20;/h4-10H,3,12-13H2,1-2H3,(H2,24,25,26);1H. The predicted molar refractivity (Wildman–Crippen MR) is 119 cm³/mol. The molecule has 3 rings (SSSR count). The summed E-state index contributed by atoms with van der Waals surface area (Å²) in [5.41, 5.74) is 2.73. The number of halogens is 2.